The van der Waals surface area contributed by atoms with Crippen molar-refractivity contribution in [1.29, 1.82) is 0 Å². The zero-order chi connectivity index (χ0) is 13.8. The molecule has 1 aliphatic rings. The Morgan fingerprint density at radius 1 is 1.40 bits per heavy atom. The molecule has 0 aliphatic carbocycles. The summed E-state index contributed by atoms with van der Waals surface area (Å²) in [7, 11) is 0. The van der Waals surface area contributed by atoms with E-state index in [2.05, 4.69) is 5.32 Å². The number of rotatable bonds is 3. The van der Waals surface area contributed by atoms with Gasteiger partial charge in [0.2, 0.25) is 5.91 Å². The second-order valence-corrected chi connectivity index (χ2v) is 5.60. The van der Waals surface area contributed by atoms with Gasteiger partial charge in [-0.25, -0.2) is 0 Å². The average Bonchev–Trinajstić information content (AvgIpc) is 2.34. The third-order valence-corrected chi connectivity index (χ3v) is 3.77. The molecule has 7 heteroatoms. The van der Waals surface area contributed by atoms with Crippen molar-refractivity contribution >= 4 is 47.2 Å². The van der Waals surface area contributed by atoms with E-state index in [0.717, 1.165) is 25.9 Å². The Balaban J connectivity index is 0.00000200. The Bertz CT molecular complexity index is 450. The SMILES string of the molecule is Cl.N[C@@H]1CCCN(CC(=O)Nc2c(Cl)cccc2Cl)C1. The van der Waals surface area contributed by atoms with E-state index in [-0.39, 0.29) is 24.4 Å². The molecule has 1 saturated heterocycles. The second-order valence-electron chi connectivity index (χ2n) is 4.78. The number of hydrogen-bond acceptors (Lipinski definition) is 3. The van der Waals surface area contributed by atoms with Crippen LogP contribution in [0.3, 0.4) is 0 Å². The zero-order valence-electron chi connectivity index (χ0n) is 10.9. The minimum absolute atomic E-state index is 0. The Kier molecular flexibility index (Phi) is 7.06. The lowest BCUT2D eigenvalue weighted by atomic mass is 10.1. The van der Waals surface area contributed by atoms with Crippen LogP contribution in [0.5, 0.6) is 0 Å². The molecular weight excluding hydrogens is 321 g/mol. The lowest BCUT2D eigenvalue weighted by molar-refractivity contribution is -0.117. The molecule has 1 atom stereocenters. The molecule has 1 aliphatic heterocycles. The summed E-state index contributed by atoms with van der Waals surface area (Å²) >= 11 is 12.0. The topological polar surface area (TPSA) is 58.4 Å². The van der Waals surface area contributed by atoms with Gasteiger partial charge in [-0.1, -0.05) is 29.3 Å². The van der Waals surface area contributed by atoms with E-state index < -0.39 is 0 Å². The van der Waals surface area contributed by atoms with Gasteiger partial charge in [-0.15, -0.1) is 12.4 Å². The lowest BCUT2D eigenvalue weighted by Gasteiger charge is -2.30. The minimum Gasteiger partial charge on any atom is -0.327 e. The van der Waals surface area contributed by atoms with Gasteiger partial charge in [0.05, 0.1) is 22.3 Å². The number of benzene rings is 1. The molecule has 3 N–H and O–H groups in total. The van der Waals surface area contributed by atoms with Gasteiger partial charge in [-0.2, -0.15) is 0 Å². The summed E-state index contributed by atoms with van der Waals surface area (Å²) in [5.41, 5.74) is 6.36. The van der Waals surface area contributed by atoms with Crippen molar-refractivity contribution in [2.75, 3.05) is 25.0 Å². The van der Waals surface area contributed by atoms with E-state index >= 15 is 0 Å². The van der Waals surface area contributed by atoms with Crippen LogP contribution in [0, 0.1) is 0 Å². The van der Waals surface area contributed by atoms with Gasteiger partial charge in [-0.3, -0.25) is 9.69 Å². The van der Waals surface area contributed by atoms with Crippen LogP contribution in [0.2, 0.25) is 10.0 Å². The van der Waals surface area contributed by atoms with Gasteiger partial charge < -0.3 is 11.1 Å². The highest BCUT2D eigenvalue weighted by Gasteiger charge is 2.19. The van der Waals surface area contributed by atoms with Crippen LogP contribution in [-0.4, -0.2) is 36.5 Å². The molecule has 0 saturated carbocycles. The van der Waals surface area contributed by atoms with E-state index in [4.69, 9.17) is 28.9 Å². The number of carbonyl (C=O) groups is 1. The predicted molar refractivity (Wildman–Crippen MR) is 86.0 cm³/mol. The third kappa shape index (κ3) is 4.79. The number of nitrogens with one attached hydrogen (secondary N) is 1. The maximum absolute atomic E-state index is 12.0. The Labute approximate surface area is 135 Å². The van der Waals surface area contributed by atoms with Gasteiger partial charge in [0.1, 0.15) is 0 Å². The molecule has 1 fully saturated rings. The second kappa shape index (κ2) is 8.05. The average molecular weight is 339 g/mol. The number of likely N-dealkylation sites (tertiary alicyclic amines) is 1. The van der Waals surface area contributed by atoms with Crippen LogP contribution in [0.4, 0.5) is 5.69 Å². The Morgan fingerprint density at radius 2 is 2.05 bits per heavy atom. The van der Waals surface area contributed by atoms with E-state index in [1.54, 1.807) is 18.2 Å². The number of amides is 1. The number of halogens is 3. The molecule has 1 aromatic rings. The van der Waals surface area contributed by atoms with E-state index in [1.165, 1.54) is 0 Å². The molecular formula is C13H18Cl3N3O. The molecule has 1 heterocycles. The quantitative estimate of drug-likeness (QED) is 0.891. The van der Waals surface area contributed by atoms with Gasteiger partial charge >= 0.3 is 0 Å². The van der Waals surface area contributed by atoms with E-state index in [0.29, 0.717) is 22.3 Å². The van der Waals surface area contributed by atoms with Crippen molar-refractivity contribution in [3.05, 3.63) is 28.2 Å². The highest BCUT2D eigenvalue weighted by molar-refractivity contribution is 6.39. The molecule has 0 unspecified atom stereocenters. The maximum Gasteiger partial charge on any atom is 0.238 e. The van der Waals surface area contributed by atoms with Crippen molar-refractivity contribution < 1.29 is 4.79 Å². The van der Waals surface area contributed by atoms with Gasteiger partial charge in [-0.05, 0) is 31.5 Å². The van der Waals surface area contributed by atoms with Crippen molar-refractivity contribution in [1.82, 2.24) is 4.90 Å². The fraction of sp³-hybridized carbons (Fsp3) is 0.462. The molecule has 1 amide bonds. The van der Waals surface area contributed by atoms with Crippen LogP contribution >= 0.6 is 35.6 Å². The normalized spacial score (nSPS) is 19.2. The van der Waals surface area contributed by atoms with Crippen molar-refractivity contribution in [3.63, 3.8) is 0 Å². The Hall–Kier alpha value is -0.520. The summed E-state index contributed by atoms with van der Waals surface area (Å²) in [5.74, 6) is -0.121. The predicted octanol–water partition coefficient (Wildman–Crippen LogP) is 2.78. The first-order valence-electron chi connectivity index (χ1n) is 6.28. The van der Waals surface area contributed by atoms with Gasteiger partial charge in [0.25, 0.3) is 0 Å². The molecule has 0 radical (unpaired) electrons. The van der Waals surface area contributed by atoms with E-state index in [1.807, 2.05) is 4.90 Å². The van der Waals surface area contributed by atoms with Crippen LogP contribution in [0.15, 0.2) is 18.2 Å². The van der Waals surface area contributed by atoms with E-state index in [9.17, 15) is 4.79 Å². The summed E-state index contributed by atoms with van der Waals surface area (Å²) in [4.78, 5) is 14.0. The molecule has 112 valence electrons. The first-order chi connectivity index (χ1) is 9.06. The number of para-hydroxylation sites is 1. The number of nitrogens with two attached hydrogens (primary N) is 1. The fourth-order valence-corrected chi connectivity index (χ4v) is 2.73. The monoisotopic (exact) mass is 337 g/mol. The number of piperidine rings is 1. The first-order valence-corrected chi connectivity index (χ1v) is 7.03. The standard InChI is InChI=1S/C13H17Cl2N3O.ClH/c14-10-4-1-5-11(15)13(10)17-12(19)8-18-6-2-3-9(16)7-18;/h1,4-5,9H,2-3,6-8,16H2,(H,17,19);1H/t9-;/m1./s1. The summed E-state index contributed by atoms with van der Waals surface area (Å²) < 4.78 is 0. The lowest BCUT2D eigenvalue weighted by Crippen LogP contribution is -2.45. The molecule has 0 spiro atoms. The number of hydrogen-bond donors (Lipinski definition) is 2. The molecule has 0 aromatic heterocycles. The maximum atomic E-state index is 12.0. The largest absolute Gasteiger partial charge is 0.327 e. The van der Waals surface area contributed by atoms with Gasteiger partial charge in [0.15, 0.2) is 0 Å². The minimum atomic E-state index is -0.121. The summed E-state index contributed by atoms with van der Waals surface area (Å²) in [6.45, 7) is 1.97. The van der Waals surface area contributed by atoms with Crippen LogP contribution in [0.25, 0.3) is 0 Å². The molecule has 2 rings (SSSR count). The van der Waals surface area contributed by atoms with Crippen LogP contribution in [0.1, 0.15) is 12.8 Å². The highest BCUT2D eigenvalue weighted by atomic mass is 35.5. The molecule has 4 nitrogen and oxygen atoms in total. The van der Waals surface area contributed by atoms with Crippen molar-refractivity contribution in [2.24, 2.45) is 5.73 Å². The first kappa shape index (κ1) is 17.5. The van der Waals surface area contributed by atoms with Crippen LogP contribution < -0.4 is 11.1 Å². The highest BCUT2D eigenvalue weighted by Crippen LogP contribution is 2.29. The summed E-state index contributed by atoms with van der Waals surface area (Å²) in [5, 5.41) is 3.64. The zero-order valence-corrected chi connectivity index (χ0v) is 13.3. The Morgan fingerprint density at radius 3 is 2.65 bits per heavy atom. The van der Waals surface area contributed by atoms with Crippen LogP contribution in [-0.2, 0) is 4.79 Å². The fourth-order valence-electron chi connectivity index (χ4n) is 2.23. The summed E-state index contributed by atoms with van der Waals surface area (Å²) in [6.07, 6.45) is 2.05. The van der Waals surface area contributed by atoms with Gasteiger partial charge in [0, 0.05) is 12.6 Å². The smallest absolute Gasteiger partial charge is 0.238 e. The molecule has 1 aromatic carbocycles. The number of nitrogens with zero attached hydrogens (tertiary/aromatic N) is 1. The van der Waals surface area contributed by atoms with Crippen molar-refractivity contribution in [3.8, 4) is 0 Å². The number of anilines is 1. The molecule has 20 heavy (non-hydrogen) atoms. The third-order valence-electron chi connectivity index (χ3n) is 3.14. The van der Waals surface area contributed by atoms with Crippen molar-refractivity contribution in [2.45, 2.75) is 18.9 Å². The molecule has 0 bridgehead atoms. The number of carbonyl (C=O) groups excluding carboxylic acids is 1. The summed E-state index contributed by atoms with van der Waals surface area (Å²) in [6, 6.07) is 5.29.